The molecule has 2 N–H and O–H groups in total. The predicted molar refractivity (Wildman–Crippen MR) is 242 cm³/mol. The van der Waals surface area contributed by atoms with Gasteiger partial charge in [-0.1, -0.05) is 76.9 Å². The molecule has 4 bridgehead atoms. The molecule has 3 fully saturated rings. The van der Waals surface area contributed by atoms with E-state index in [1.165, 1.54) is 40.5 Å². The maximum atomic E-state index is 14.6. The van der Waals surface area contributed by atoms with E-state index in [0.29, 0.717) is 34.4 Å². The number of halogens is 4. The number of amides is 4. The van der Waals surface area contributed by atoms with E-state index in [9.17, 15) is 47.0 Å². The number of ketones is 1. The number of Topliss-reactive ketones (excluding diaryl/α,β-unsaturated/α-hetero) is 1. The molecule has 20 heteroatoms. The van der Waals surface area contributed by atoms with Gasteiger partial charge < -0.3 is 24.3 Å². The maximum Gasteiger partial charge on any atom is 0.409 e. The Labute approximate surface area is 391 Å². The van der Waals surface area contributed by atoms with Crippen LogP contribution in [0, 0.1) is 24.7 Å². The van der Waals surface area contributed by atoms with Gasteiger partial charge in [0, 0.05) is 74.8 Å². The average molecular weight is 974 g/mol. The Morgan fingerprint density at radius 3 is 2.42 bits per heavy atom. The Morgan fingerprint density at radius 2 is 1.75 bits per heavy atom. The van der Waals surface area contributed by atoms with Crippen molar-refractivity contribution in [2.75, 3.05) is 30.5 Å². The summed E-state index contributed by atoms with van der Waals surface area (Å²) in [4.78, 5) is 84.1. The summed E-state index contributed by atoms with van der Waals surface area (Å²) in [7, 11) is 5.29. The van der Waals surface area contributed by atoms with E-state index in [2.05, 4.69) is 5.32 Å². The fraction of sp³-hybridized carbons (Fsp3) is 0.644. The molecule has 4 amide bonds. The Morgan fingerprint density at radius 1 is 1.09 bits per heavy atom. The predicted octanol–water partition coefficient (Wildman–Crippen LogP) is 7.66. The van der Waals surface area contributed by atoms with Crippen LogP contribution < -0.4 is 10.2 Å². The van der Waals surface area contributed by atoms with Crippen LogP contribution in [0.3, 0.4) is 0 Å². The summed E-state index contributed by atoms with van der Waals surface area (Å²) in [5, 5.41) is 15.1. The SMILES string of the molecule is C/C1=C\C=C\[C@@H](C)[C@@]2(O)CC(OC(=O)N2)[C@@H](C)[C@@H]2O[C@@]2(C)[C@@H](CC(=O)[C@H](C)N(C)C(CCSSCCCC(=O)ON2C(=O)CCC2=O)C(F)(F)F)CC(=O)N(C)c2cc(cc(C)c2Cl)C1. The number of nitrogens with one attached hydrogen (secondary N) is 1. The summed E-state index contributed by atoms with van der Waals surface area (Å²) in [5.41, 5.74) is 0.245. The lowest BCUT2D eigenvalue weighted by atomic mass is 9.77. The summed E-state index contributed by atoms with van der Waals surface area (Å²) in [6.07, 6.45) is -1.63. The first kappa shape index (κ1) is 52.4. The number of aryl methyl sites for hydroxylation is 1. The molecule has 0 spiro atoms. The van der Waals surface area contributed by atoms with Crippen LogP contribution in [0.5, 0.6) is 0 Å². The van der Waals surface area contributed by atoms with Crippen LogP contribution in [0.2, 0.25) is 5.02 Å². The van der Waals surface area contributed by atoms with Crippen molar-refractivity contribution >= 4 is 74.4 Å². The molecular formula is C45H60ClF3N4O10S2. The number of carbonyl (C=O) groups excluding carboxylic acids is 6. The van der Waals surface area contributed by atoms with E-state index in [4.69, 9.17) is 25.9 Å². The molecule has 0 aliphatic carbocycles. The number of hydrogen-bond acceptors (Lipinski definition) is 13. The minimum atomic E-state index is -4.69. The average Bonchev–Trinajstić information content (AvgIpc) is 3.83. The first-order valence-electron chi connectivity index (χ1n) is 21.8. The van der Waals surface area contributed by atoms with Crippen LogP contribution in [0.15, 0.2) is 35.9 Å². The number of hydrogen-bond donors (Lipinski definition) is 2. The monoisotopic (exact) mass is 972 g/mol. The first-order valence-corrected chi connectivity index (χ1v) is 24.6. The molecule has 360 valence electrons. The number of aliphatic hydroxyl groups is 1. The highest BCUT2D eigenvalue weighted by Crippen LogP contribution is 2.52. The molecule has 9 atom stereocenters. The van der Waals surface area contributed by atoms with Crippen molar-refractivity contribution in [2.45, 2.75) is 141 Å². The maximum absolute atomic E-state index is 14.6. The smallest absolute Gasteiger partial charge is 0.409 e. The van der Waals surface area contributed by atoms with Crippen LogP contribution in [-0.2, 0) is 44.7 Å². The zero-order valence-corrected chi connectivity index (χ0v) is 40.4. The summed E-state index contributed by atoms with van der Waals surface area (Å²) in [5.74, 6) is -4.28. The van der Waals surface area contributed by atoms with Gasteiger partial charge in [-0.25, -0.2) is 9.59 Å². The summed E-state index contributed by atoms with van der Waals surface area (Å²) >= 11 is 6.80. The molecule has 1 aromatic rings. The molecule has 4 aliphatic heterocycles. The van der Waals surface area contributed by atoms with Crippen molar-refractivity contribution in [3.05, 3.63) is 52.1 Å². The number of allylic oxidation sites excluding steroid dienone is 3. The number of ether oxygens (including phenoxy) is 2. The highest BCUT2D eigenvalue weighted by Gasteiger charge is 2.63. The molecule has 4 heterocycles. The molecule has 5 rings (SSSR count). The van der Waals surface area contributed by atoms with Gasteiger partial charge in [0.1, 0.15) is 23.7 Å². The fourth-order valence-electron chi connectivity index (χ4n) is 8.65. The lowest BCUT2D eigenvalue weighted by Crippen LogP contribution is -2.60. The molecule has 4 aliphatic rings. The van der Waals surface area contributed by atoms with Gasteiger partial charge in [0.05, 0.1) is 28.5 Å². The van der Waals surface area contributed by atoms with Crippen LogP contribution >= 0.6 is 33.2 Å². The number of anilines is 1. The minimum absolute atomic E-state index is 0.0101. The number of carbonyl (C=O) groups is 6. The third-order valence-corrected chi connectivity index (χ3v) is 16.1. The van der Waals surface area contributed by atoms with Crippen molar-refractivity contribution in [1.29, 1.82) is 0 Å². The lowest BCUT2D eigenvalue weighted by molar-refractivity contribution is -0.197. The Kier molecular flexibility index (Phi) is 17.4. The second-order valence-corrected chi connectivity index (χ2v) is 21.0. The number of alkyl carbamates (subject to hydrolysis) is 1. The summed E-state index contributed by atoms with van der Waals surface area (Å²) in [6, 6.07) is 0.559. The highest BCUT2D eigenvalue weighted by molar-refractivity contribution is 8.76. The van der Waals surface area contributed by atoms with Crippen LogP contribution in [0.4, 0.5) is 23.7 Å². The molecule has 1 aromatic carbocycles. The molecule has 3 saturated heterocycles. The largest absolute Gasteiger partial charge is 0.446 e. The van der Waals surface area contributed by atoms with Crippen molar-refractivity contribution in [2.24, 2.45) is 17.8 Å². The Hall–Kier alpha value is -3.62. The molecule has 2 unspecified atom stereocenters. The van der Waals surface area contributed by atoms with E-state index in [0.717, 1.165) is 21.6 Å². The third kappa shape index (κ3) is 12.9. The number of alkyl halides is 3. The topological polar surface area (TPSA) is 175 Å². The summed E-state index contributed by atoms with van der Waals surface area (Å²) < 4.78 is 55.9. The van der Waals surface area contributed by atoms with E-state index < -0.39 is 95.1 Å². The van der Waals surface area contributed by atoms with Crippen molar-refractivity contribution in [1.82, 2.24) is 15.3 Å². The number of nitrogens with zero attached hydrogens (tertiary/aromatic N) is 3. The molecule has 0 aromatic heterocycles. The summed E-state index contributed by atoms with van der Waals surface area (Å²) in [6.45, 7) is 10.5. The molecule has 65 heavy (non-hydrogen) atoms. The second-order valence-electron chi connectivity index (χ2n) is 17.9. The number of epoxide rings is 1. The van der Waals surface area contributed by atoms with Crippen molar-refractivity contribution in [3.8, 4) is 0 Å². The van der Waals surface area contributed by atoms with E-state index >= 15 is 0 Å². The highest BCUT2D eigenvalue weighted by atomic mass is 35.5. The first-order chi connectivity index (χ1) is 30.4. The standard InChI is InChI=1S/C45H60ClF3N4O10S2/c1-25-11-9-12-27(3)44(60)24-34(61-42(59)50-44)28(4)41-43(6,62-41)31(23-38(57)52(8)32-21-30(19-25)20-26(2)40(32)46)22-33(54)29(5)51(7)35(45(47,48)49)16-18-65-64-17-10-13-39(58)63-53-36(55)14-15-37(53)56/h9,11-12,20-21,27-29,31,34-35,41,60H,10,13-19,22-24H2,1-8H3,(H,50,59)/b12-9+,25-11+/t27-,28-,29+,31+,34?,35?,41+,43+,44+/m1/s1. The zero-order chi connectivity index (χ0) is 48.2. The Balaban J connectivity index is 1.31. The number of hydroxylamine groups is 2. The molecular weight excluding hydrogens is 913 g/mol. The normalized spacial score (nSPS) is 29.9. The van der Waals surface area contributed by atoms with Gasteiger partial charge in [0.25, 0.3) is 11.8 Å². The van der Waals surface area contributed by atoms with Gasteiger partial charge in [-0.05, 0) is 71.2 Å². The van der Waals surface area contributed by atoms with Gasteiger partial charge in [-0.15, -0.1) is 5.06 Å². The number of likely N-dealkylation sites (N-methyl/N-ethyl adjacent to an activating group) is 1. The van der Waals surface area contributed by atoms with Crippen LogP contribution in [0.1, 0.15) is 97.1 Å². The molecule has 0 radical (unpaired) electrons. The quantitative estimate of drug-likeness (QED) is 0.0806. The molecule has 14 nitrogen and oxygen atoms in total. The van der Waals surface area contributed by atoms with Gasteiger partial charge in [0.15, 0.2) is 0 Å². The van der Waals surface area contributed by atoms with Crippen LogP contribution in [0.25, 0.3) is 0 Å². The number of fused-ring (bicyclic) bond motifs is 5. The Bertz CT molecular complexity index is 2040. The number of rotatable bonds is 14. The zero-order valence-electron chi connectivity index (χ0n) is 38.0. The third-order valence-electron chi connectivity index (χ3n) is 13.1. The van der Waals surface area contributed by atoms with Gasteiger partial charge in [-0.3, -0.25) is 29.4 Å². The second kappa shape index (κ2) is 21.6. The van der Waals surface area contributed by atoms with Gasteiger partial charge >= 0.3 is 18.2 Å². The lowest BCUT2D eigenvalue weighted by Gasteiger charge is -2.41. The van der Waals surface area contributed by atoms with E-state index in [1.54, 1.807) is 33.9 Å². The van der Waals surface area contributed by atoms with Gasteiger partial charge in [-0.2, -0.15) is 13.2 Å². The van der Waals surface area contributed by atoms with E-state index in [-0.39, 0.29) is 50.7 Å². The minimum Gasteiger partial charge on any atom is -0.446 e. The number of imide groups is 1. The molecule has 0 saturated carbocycles. The van der Waals surface area contributed by atoms with Crippen molar-refractivity contribution < 1.29 is 61.4 Å². The fourth-order valence-corrected chi connectivity index (χ4v) is 11.1. The van der Waals surface area contributed by atoms with Crippen LogP contribution in [-0.4, -0.2) is 118 Å². The van der Waals surface area contributed by atoms with E-state index in [1.807, 2.05) is 38.1 Å². The van der Waals surface area contributed by atoms with Gasteiger partial charge in [0.2, 0.25) is 5.91 Å². The van der Waals surface area contributed by atoms with Crippen molar-refractivity contribution in [3.63, 3.8) is 0 Å². The number of benzene rings is 1.